The molecule has 0 unspecified atom stereocenters. The Labute approximate surface area is 340 Å². The van der Waals surface area contributed by atoms with Crippen LogP contribution >= 0.6 is 0 Å². The molecule has 0 spiro atoms. The maximum Gasteiger partial charge on any atom is 0.272 e. The molecule has 0 aliphatic carbocycles. The first-order chi connectivity index (χ1) is 24.4. The molecule has 1 N–H and O–H groups in total. The molecule has 3 rings (SSSR count). The Morgan fingerprint density at radius 3 is 1.98 bits per heavy atom. The predicted octanol–water partition coefficient (Wildman–Crippen LogP) is 11.4. The first kappa shape index (κ1) is 55.9. The minimum atomic E-state index is -0.321. The summed E-state index contributed by atoms with van der Waals surface area (Å²) in [6.45, 7) is 28.5. The average molecular weight is 949 g/mol. The Bertz CT molecular complexity index is 1250. The van der Waals surface area contributed by atoms with Gasteiger partial charge in [0, 0.05) is 65.5 Å². The van der Waals surface area contributed by atoms with Gasteiger partial charge < -0.3 is 24.8 Å². The van der Waals surface area contributed by atoms with E-state index < -0.39 is 0 Å². The Morgan fingerprint density at radius 2 is 1.50 bits per heavy atom. The van der Waals surface area contributed by atoms with Crippen LogP contribution in [0.25, 0.3) is 10.9 Å². The number of nitrogens with zero attached hydrogens (tertiary/aromatic N) is 3. The number of pyridine rings is 1. The second-order valence-corrected chi connectivity index (χ2v) is 11.6. The molecule has 1 amide bonds. The van der Waals surface area contributed by atoms with Crippen LogP contribution in [0, 0.1) is 36.9 Å². The summed E-state index contributed by atoms with van der Waals surface area (Å²) in [7, 11) is 4.25. The van der Waals surface area contributed by atoms with E-state index in [2.05, 4.69) is 45.2 Å². The van der Waals surface area contributed by atoms with Gasteiger partial charge in [0.2, 0.25) is 0 Å². The van der Waals surface area contributed by atoms with Crippen molar-refractivity contribution in [2.24, 2.45) is 0 Å². The van der Waals surface area contributed by atoms with Crippen LogP contribution in [-0.2, 0) is 4.74 Å². The van der Waals surface area contributed by atoms with E-state index in [1.165, 1.54) is 25.0 Å². The van der Waals surface area contributed by atoms with Gasteiger partial charge >= 0.3 is 0 Å². The third-order valence-corrected chi connectivity index (χ3v) is 6.63. The SMILES string of the molecule is C=C(/C=C\C(=C/CC)c1cccc(C(=O)N2CCC([N-]C(C)(C)CCCC)CC2)n1)Oc1ccc(F)cc1.C=CC.C=CC.CC.CO.COC.[U]. The second kappa shape index (κ2) is 36.6. The molecule has 1 saturated heterocycles. The van der Waals surface area contributed by atoms with Gasteiger partial charge in [-0.1, -0.05) is 105 Å². The summed E-state index contributed by atoms with van der Waals surface area (Å²) in [5, 5.41) is 12.1. The molecule has 292 valence electrons. The van der Waals surface area contributed by atoms with Gasteiger partial charge in [0.05, 0.1) is 5.69 Å². The van der Waals surface area contributed by atoms with E-state index in [4.69, 9.17) is 20.1 Å². The summed E-state index contributed by atoms with van der Waals surface area (Å²) >= 11 is 0. The molecule has 1 aliphatic rings. The van der Waals surface area contributed by atoms with E-state index in [-0.39, 0.29) is 48.4 Å². The normalized spacial score (nSPS) is 12.2. The van der Waals surface area contributed by atoms with Gasteiger partial charge in [0.25, 0.3) is 5.91 Å². The van der Waals surface area contributed by atoms with Crippen LogP contribution in [0.4, 0.5) is 4.39 Å². The minimum absolute atomic E-state index is 0. The van der Waals surface area contributed by atoms with Crippen molar-refractivity contribution >= 4 is 11.5 Å². The first-order valence-electron chi connectivity index (χ1n) is 17.9. The van der Waals surface area contributed by atoms with Crippen LogP contribution in [0.3, 0.4) is 0 Å². The van der Waals surface area contributed by atoms with E-state index in [0.717, 1.165) is 38.4 Å². The van der Waals surface area contributed by atoms with Gasteiger partial charge in [-0.2, -0.15) is 0 Å². The van der Waals surface area contributed by atoms with Crippen molar-refractivity contribution in [3.8, 4) is 5.75 Å². The first-order valence-corrected chi connectivity index (χ1v) is 17.9. The molecule has 0 radical (unpaired) electrons. The number of allylic oxidation sites excluding steroid dienone is 6. The molecule has 0 saturated carbocycles. The number of piperidine rings is 1. The van der Waals surface area contributed by atoms with E-state index in [1.807, 2.05) is 63.8 Å². The van der Waals surface area contributed by atoms with Crippen molar-refractivity contribution < 1.29 is 54.9 Å². The zero-order chi connectivity index (χ0) is 39.7. The molecular weight excluding hydrogens is 880 g/mol. The largest absolute Gasteiger partial charge is 0.654 e. The van der Waals surface area contributed by atoms with Crippen molar-refractivity contribution in [3.05, 3.63) is 121 Å². The van der Waals surface area contributed by atoms with Gasteiger partial charge in [0.15, 0.2) is 0 Å². The standard InChI is InChI=1S/C32H41FN3O2.2C3H6.C2H6O.C2H6.CH4O.U/c1-6-8-21-32(4,5)35-27-19-22-36(23-20-27)31(37)30-12-9-11-29(34-30)25(10-7-2)14-13-24(3)38-28-17-15-26(33)16-18-28;3*1-3-2;2*1-2;/h9-18,27H,3,6-8,19-23H2,1-2,4-5H3;2*3H,1H2,2H3;1-2H3;1-2H3;2H,1H3;/q-1;;;;;;/b14-13-,25-10+;;;;;;. The number of hydrogen-bond donors (Lipinski definition) is 1. The number of carbonyl (C=O) groups excluding carboxylic acids is 1. The van der Waals surface area contributed by atoms with Crippen molar-refractivity contribution in [1.82, 2.24) is 9.88 Å². The summed E-state index contributed by atoms with van der Waals surface area (Å²) in [4.78, 5) is 19.9. The van der Waals surface area contributed by atoms with E-state index in [1.54, 1.807) is 50.6 Å². The average Bonchev–Trinajstić information content (AvgIpc) is 3.13. The predicted molar refractivity (Wildman–Crippen MR) is 218 cm³/mol. The fraction of sp³-hybridized carbons (Fsp3) is 0.488. The molecule has 1 aromatic heterocycles. The van der Waals surface area contributed by atoms with Crippen molar-refractivity contribution in [2.75, 3.05) is 34.4 Å². The Hall–Kier alpha value is -2.80. The van der Waals surface area contributed by atoms with E-state index in [9.17, 15) is 9.18 Å². The van der Waals surface area contributed by atoms with Gasteiger partial charge in [-0.15, -0.1) is 24.7 Å². The number of amides is 1. The van der Waals surface area contributed by atoms with Crippen LogP contribution in [0.5, 0.6) is 5.75 Å². The zero-order valence-electron chi connectivity index (χ0n) is 34.2. The zero-order valence-corrected chi connectivity index (χ0v) is 38.3. The summed E-state index contributed by atoms with van der Waals surface area (Å²) in [6.07, 6.45) is 15.2. The molecule has 7 nitrogen and oxygen atoms in total. The number of benzene rings is 1. The maximum atomic E-state index is 13.3. The molecule has 2 aromatic rings. The number of halogens is 1. The molecule has 1 fully saturated rings. The molecule has 0 atom stereocenters. The number of hydrogen-bond acceptors (Lipinski definition) is 5. The van der Waals surface area contributed by atoms with E-state index in [0.29, 0.717) is 42.0 Å². The fourth-order valence-electron chi connectivity index (χ4n) is 4.59. The Kier molecular flexibility index (Phi) is 39.3. The topological polar surface area (TPSA) is 86.0 Å². The van der Waals surface area contributed by atoms with Gasteiger partial charge in [-0.25, -0.2) is 9.37 Å². The molecule has 52 heavy (non-hydrogen) atoms. The van der Waals surface area contributed by atoms with Crippen molar-refractivity contribution in [1.29, 1.82) is 0 Å². The quantitative estimate of drug-likeness (QED) is 0.130. The molecule has 2 heterocycles. The summed E-state index contributed by atoms with van der Waals surface area (Å²) < 4.78 is 23.1. The molecule has 9 heteroatoms. The number of likely N-dealkylation sites (tertiary alicyclic amines) is 1. The Morgan fingerprint density at radius 1 is 1.00 bits per heavy atom. The molecular formula is C43H69FN3O4U-. The monoisotopic (exact) mass is 949 g/mol. The number of unbranched alkanes of at least 4 members (excludes halogenated alkanes) is 1. The number of aliphatic hydroxyl groups excluding tert-OH is 1. The van der Waals surface area contributed by atoms with Crippen molar-refractivity contribution in [2.45, 2.75) is 105 Å². The number of aliphatic hydroxyl groups is 1. The number of rotatable bonds is 12. The second-order valence-electron chi connectivity index (χ2n) is 11.6. The van der Waals surface area contributed by atoms with Gasteiger partial charge in [-0.3, -0.25) is 4.79 Å². The fourth-order valence-corrected chi connectivity index (χ4v) is 4.59. The number of carbonyl (C=O) groups is 1. The number of ether oxygens (including phenoxy) is 2. The third-order valence-electron chi connectivity index (χ3n) is 6.63. The number of aromatic nitrogens is 1. The maximum absolute atomic E-state index is 13.3. The number of methoxy groups -OCH3 is 1. The summed E-state index contributed by atoms with van der Waals surface area (Å²) in [5.41, 5.74) is 2.02. The van der Waals surface area contributed by atoms with Crippen LogP contribution in [0.2, 0.25) is 0 Å². The summed E-state index contributed by atoms with van der Waals surface area (Å²) in [6, 6.07) is 11.6. The van der Waals surface area contributed by atoms with Gasteiger partial charge in [0.1, 0.15) is 23.0 Å². The minimum Gasteiger partial charge on any atom is -0.654 e. The molecule has 1 aromatic carbocycles. The third kappa shape index (κ3) is 26.9. The van der Waals surface area contributed by atoms with Crippen LogP contribution < -0.4 is 4.74 Å². The molecule has 0 bridgehead atoms. The smallest absolute Gasteiger partial charge is 0.272 e. The van der Waals surface area contributed by atoms with Crippen LogP contribution in [-0.4, -0.2) is 66.9 Å². The Balaban J connectivity index is -0.000000725. The summed E-state index contributed by atoms with van der Waals surface area (Å²) in [5.74, 6) is 0.559. The molecule has 1 aliphatic heterocycles. The van der Waals surface area contributed by atoms with Crippen LogP contribution in [0.1, 0.15) is 110 Å². The van der Waals surface area contributed by atoms with E-state index >= 15 is 0 Å². The van der Waals surface area contributed by atoms with Crippen molar-refractivity contribution in [3.63, 3.8) is 0 Å². The van der Waals surface area contributed by atoms with Crippen LogP contribution in [0.15, 0.2) is 98.3 Å². The van der Waals surface area contributed by atoms with Gasteiger partial charge in [-0.05, 0) is 74.4 Å².